The van der Waals surface area contributed by atoms with Crippen molar-refractivity contribution in [2.75, 3.05) is 0 Å². The minimum Gasteiger partial charge on any atom is -0.268 e. The smallest absolute Gasteiger partial charge is 0.0635 e. The topological polar surface area (TPSA) is 17.8 Å². The Morgan fingerprint density at radius 3 is 3.00 bits per heavy atom. The van der Waals surface area contributed by atoms with Crippen LogP contribution < -0.4 is 0 Å². The Balaban J connectivity index is 2.27. The van der Waals surface area contributed by atoms with Crippen molar-refractivity contribution in [1.82, 2.24) is 9.78 Å². The van der Waals surface area contributed by atoms with E-state index in [0.29, 0.717) is 0 Å². The molecular formula is C9H13BrN2. The van der Waals surface area contributed by atoms with Crippen molar-refractivity contribution in [1.29, 1.82) is 0 Å². The van der Waals surface area contributed by atoms with E-state index in [0.717, 1.165) is 18.9 Å². The van der Waals surface area contributed by atoms with Crippen LogP contribution in [0.3, 0.4) is 0 Å². The van der Waals surface area contributed by atoms with E-state index in [9.17, 15) is 0 Å². The van der Waals surface area contributed by atoms with Crippen LogP contribution in [0.2, 0.25) is 0 Å². The molecule has 1 saturated carbocycles. The normalized spacial score (nSPS) is 16.8. The molecule has 0 aliphatic heterocycles. The van der Waals surface area contributed by atoms with E-state index in [4.69, 9.17) is 0 Å². The van der Waals surface area contributed by atoms with Crippen LogP contribution in [0.1, 0.15) is 37.8 Å². The van der Waals surface area contributed by atoms with Crippen molar-refractivity contribution in [3.8, 4) is 0 Å². The molecule has 1 aliphatic rings. The van der Waals surface area contributed by atoms with Crippen molar-refractivity contribution in [3.63, 3.8) is 0 Å². The number of hydrogen-bond acceptors (Lipinski definition) is 1. The van der Waals surface area contributed by atoms with Crippen molar-refractivity contribution < 1.29 is 0 Å². The Morgan fingerprint density at radius 1 is 1.67 bits per heavy atom. The van der Waals surface area contributed by atoms with Crippen LogP contribution in [-0.4, -0.2) is 9.78 Å². The first-order chi connectivity index (χ1) is 5.83. The lowest BCUT2D eigenvalue weighted by molar-refractivity contribution is 0.574. The van der Waals surface area contributed by atoms with Gasteiger partial charge in [-0.1, -0.05) is 6.92 Å². The van der Waals surface area contributed by atoms with Gasteiger partial charge in [-0.3, -0.25) is 4.68 Å². The molecule has 12 heavy (non-hydrogen) atoms. The van der Waals surface area contributed by atoms with E-state index in [2.05, 4.69) is 32.6 Å². The zero-order chi connectivity index (χ0) is 8.55. The largest absolute Gasteiger partial charge is 0.268 e. The minimum absolute atomic E-state index is 0.786. The Hall–Kier alpha value is -0.310. The summed E-state index contributed by atoms with van der Waals surface area (Å²) in [5.41, 5.74) is 1.41. The van der Waals surface area contributed by atoms with E-state index < -0.39 is 0 Å². The molecule has 2 nitrogen and oxygen atoms in total. The zero-order valence-corrected chi connectivity index (χ0v) is 8.84. The number of halogens is 1. The van der Waals surface area contributed by atoms with Gasteiger partial charge in [0.15, 0.2) is 0 Å². The van der Waals surface area contributed by atoms with E-state index in [1.807, 2.05) is 6.20 Å². The predicted molar refractivity (Wildman–Crippen MR) is 52.2 cm³/mol. The molecule has 0 spiro atoms. The molecular weight excluding hydrogens is 216 g/mol. The van der Waals surface area contributed by atoms with Gasteiger partial charge in [-0.15, -0.1) is 0 Å². The molecule has 0 bridgehead atoms. The Bertz CT molecular complexity index is 276. The molecule has 0 radical (unpaired) electrons. The summed E-state index contributed by atoms with van der Waals surface area (Å²) in [5.74, 6) is 0.786. The van der Waals surface area contributed by atoms with Crippen LogP contribution in [0.5, 0.6) is 0 Å². The standard InChI is InChI=1S/C9H13BrN2/c1-2-5-12-9(7-3-4-7)8(10)6-11-12/h6-7H,2-5H2,1H3. The fraction of sp³-hybridized carbons (Fsp3) is 0.667. The van der Waals surface area contributed by atoms with Gasteiger partial charge in [-0.05, 0) is 35.2 Å². The van der Waals surface area contributed by atoms with Crippen molar-refractivity contribution in [3.05, 3.63) is 16.4 Å². The monoisotopic (exact) mass is 228 g/mol. The Labute approximate surface area is 81.1 Å². The lowest BCUT2D eigenvalue weighted by Gasteiger charge is -2.04. The van der Waals surface area contributed by atoms with Crippen LogP contribution in [-0.2, 0) is 6.54 Å². The van der Waals surface area contributed by atoms with Crippen LogP contribution in [0.15, 0.2) is 10.7 Å². The van der Waals surface area contributed by atoms with E-state index in [1.54, 1.807) is 0 Å². The highest BCUT2D eigenvalue weighted by molar-refractivity contribution is 9.10. The average Bonchev–Trinajstić information content (AvgIpc) is 2.80. The molecule has 2 rings (SSSR count). The fourth-order valence-electron chi connectivity index (χ4n) is 1.52. The molecule has 1 heterocycles. The summed E-state index contributed by atoms with van der Waals surface area (Å²) in [7, 11) is 0. The third-order valence-electron chi connectivity index (χ3n) is 2.23. The maximum Gasteiger partial charge on any atom is 0.0635 e. The molecule has 66 valence electrons. The van der Waals surface area contributed by atoms with E-state index >= 15 is 0 Å². The van der Waals surface area contributed by atoms with Crippen molar-refractivity contribution in [2.24, 2.45) is 0 Å². The number of aromatic nitrogens is 2. The highest BCUT2D eigenvalue weighted by Gasteiger charge is 2.29. The molecule has 1 aromatic heterocycles. The van der Waals surface area contributed by atoms with E-state index in [1.165, 1.54) is 23.0 Å². The quantitative estimate of drug-likeness (QED) is 0.779. The molecule has 3 heteroatoms. The highest BCUT2D eigenvalue weighted by atomic mass is 79.9. The lowest BCUT2D eigenvalue weighted by atomic mass is 10.3. The van der Waals surface area contributed by atoms with Gasteiger partial charge in [0.25, 0.3) is 0 Å². The molecule has 0 saturated heterocycles. The van der Waals surface area contributed by atoms with E-state index in [-0.39, 0.29) is 0 Å². The summed E-state index contributed by atoms with van der Waals surface area (Å²) in [6.45, 7) is 3.24. The molecule has 0 amide bonds. The summed E-state index contributed by atoms with van der Waals surface area (Å²) < 4.78 is 3.33. The second-order valence-corrected chi connectivity index (χ2v) is 4.23. The van der Waals surface area contributed by atoms with Crippen LogP contribution in [0.25, 0.3) is 0 Å². The average molecular weight is 229 g/mol. The van der Waals surface area contributed by atoms with Gasteiger partial charge in [-0.25, -0.2) is 0 Å². The third kappa shape index (κ3) is 1.42. The second-order valence-electron chi connectivity index (χ2n) is 3.38. The minimum atomic E-state index is 0.786. The van der Waals surface area contributed by atoms with Gasteiger partial charge in [0.2, 0.25) is 0 Å². The third-order valence-corrected chi connectivity index (χ3v) is 2.84. The SMILES string of the molecule is CCCn1ncc(Br)c1C1CC1. The summed E-state index contributed by atoms with van der Waals surface area (Å²) in [6, 6.07) is 0. The van der Waals surface area contributed by atoms with Gasteiger partial charge in [-0.2, -0.15) is 5.10 Å². The van der Waals surface area contributed by atoms with Gasteiger partial charge < -0.3 is 0 Å². The summed E-state index contributed by atoms with van der Waals surface area (Å²) in [4.78, 5) is 0. The molecule has 1 aliphatic carbocycles. The Kier molecular flexibility index (Phi) is 2.22. The predicted octanol–water partition coefficient (Wildman–Crippen LogP) is 2.93. The molecule has 0 unspecified atom stereocenters. The molecule has 0 aromatic carbocycles. The summed E-state index contributed by atoms with van der Waals surface area (Å²) >= 11 is 3.54. The number of nitrogens with zero attached hydrogens (tertiary/aromatic N) is 2. The first-order valence-corrected chi connectivity index (χ1v) is 5.33. The maximum atomic E-state index is 4.34. The fourth-order valence-corrected chi connectivity index (χ4v) is 2.14. The van der Waals surface area contributed by atoms with Crippen molar-refractivity contribution >= 4 is 15.9 Å². The zero-order valence-electron chi connectivity index (χ0n) is 7.26. The number of rotatable bonds is 3. The van der Waals surface area contributed by atoms with Crippen LogP contribution in [0.4, 0.5) is 0 Å². The molecule has 0 atom stereocenters. The van der Waals surface area contributed by atoms with Gasteiger partial charge in [0, 0.05) is 12.5 Å². The summed E-state index contributed by atoms with van der Waals surface area (Å²) in [5, 5.41) is 4.34. The van der Waals surface area contributed by atoms with Crippen LogP contribution >= 0.6 is 15.9 Å². The maximum absolute atomic E-state index is 4.34. The molecule has 0 N–H and O–H groups in total. The van der Waals surface area contributed by atoms with Gasteiger partial charge in [0.05, 0.1) is 16.4 Å². The Morgan fingerprint density at radius 2 is 2.42 bits per heavy atom. The highest BCUT2D eigenvalue weighted by Crippen LogP contribution is 2.43. The first-order valence-electron chi connectivity index (χ1n) is 4.54. The van der Waals surface area contributed by atoms with Crippen molar-refractivity contribution in [2.45, 2.75) is 38.6 Å². The first kappa shape index (κ1) is 8.30. The van der Waals surface area contributed by atoms with Gasteiger partial charge in [0.1, 0.15) is 0 Å². The molecule has 1 aromatic rings. The second kappa shape index (κ2) is 3.21. The van der Waals surface area contributed by atoms with Gasteiger partial charge >= 0.3 is 0 Å². The molecule has 1 fully saturated rings. The number of hydrogen-bond donors (Lipinski definition) is 0. The lowest BCUT2D eigenvalue weighted by Crippen LogP contribution is -2.03. The van der Waals surface area contributed by atoms with Crippen LogP contribution in [0, 0.1) is 0 Å². The number of aryl methyl sites for hydroxylation is 1. The summed E-state index contributed by atoms with van der Waals surface area (Å²) in [6.07, 6.45) is 5.76.